The van der Waals surface area contributed by atoms with Gasteiger partial charge in [-0.25, -0.2) is 12.8 Å². The number of carbonyl (C=O) groups is 1. The van der Waals surface area contributed by atoms with Crippen LogP contribution in [0.2, 0.25) is 0 Å². The van der Waals surface area contributed by atoms with Crippen molar-refractivity contribution in [3.63, 3.8) is 0 Å². The van der Waals surface area contributed by atoms with Gasteiger partial charge in [0.15, 0.2) is 0 Å². The summed E-state index contributed by atoms with van der Waals surface area (Å²) in [6.07, 6.45) is 2.69. The first-order valence-corrected chi connectivity index (χ1v) is 11.8. The molecular formula is C21H21FN2O4S2. The topological polar surface area (TPSA) is 75.7 Å². The predicted octanol–water partition coefficient (Wildman–Crippen LogP) is 4.48. The van der Waals surface area contributed by atoms with Crippen molar-refractivity contribution in [2.24, 2.45) is 0 Å². The van der Waals surface area contributed by atoms with Crippen LogP contribution in [0.25, 0.3) is 10.1 Å². The number of fused-ring (bicyclic) bond motifs is 1. The highest BCUT2D eigenvalue weighted by Crippen LogP contribution is 2.32. The van der Waals surface area contributed by atoms with Crippen molar-refractivity contribution in [1.29, 1.82) is 0 Å². The summed E-state index contributed by atoms with van der Waals surface area (Å²) < 4.78 is 47.3. The summed E-state index contributed by atoms with van der Waals surface area (Å²) in [4.78, 5) is 13.2. The average Bonchev–Trinajstić information content (AvgIpc) is 3.20. The fourth-order valence-electron chi connectivity index (χ4n) is 3.52. The number of carbonyl (C=O) groups excluding carboxylic acids is 1. The Labute approximate surface area is 178 Å². The van der Waals surface area contributed by atoms with Gasteiger partial charge < -0.3 is 10.1 Å². The Bertz CT molecular complexity index is 1200. The number of benzene rings is 2. The lowest BCUT2D eigenvalue weighted by Crippen LogP contribution is -2.35. The van der Waals surface area contributed by atoms with Gasteiger partial charge in [0.1, 0.15) is 11.6 Å². The highest BCUT2D eigenvalue weighted by molar-refractivity contribution is 7.89. The number of thiophene rings is 1. The third kappa shape index (κ3) is 3.92. The van der Waals surface area contributed by atoms with Crippen molar-refractivity contribution < 1.29 is 22.3 Å². The number of hydrogen-bond donors (Lipinski definition) is 1. The summed E-state index contributed by atoms with van der Waals surface area (Å²) in [5.41, 5.74) is 0.249. The molecule has 1 saturated heterocycles. The molecule has 2 aromatic carbocycles. The van der Waals surface area contributed by atoms with Crippen LogP contribution in [0.1, 0.15) is 28.9 Å². The number of hydrogen-bond acceptors (Lipinski definition) is 5. The molecule has 0 aliphatic carbocycles. The average molecular weight is 449 g/mol. The first kappa shape index (κ1) is 20.8. The first-order chi connectivity index (χ1) is 14.4. The van der Waals surface area contributed by atoms with Gasteiger partial charge in [-0.05, 0) is 49.2 Å². The van der Waals surface area contributed by atoms with E-state index >= 15 is 0 Å². The molecule has 30 heavy (non-hydrogen) atoms. The third-order valence-electron chi connectivity index (χ3n) is 5.10. The van der Waals surface area contributed by atoms with Gasteiger partial charge in [0.05, 0.1) is 22.6 Å². The Morgan fingerprint density at radius 2 is 1.90 bits per heavy atom. The zero-order valence-corrected chi connectivity index (χ0v) is 18.0. The molecule has 0 radical (unpaired) electrons. The van der Waals surface area contributed by atoms with Gasteiger partial charge >= 0.3 is 0 Å². The van der Waals surface area contributed by atoms with Crippen molar-refractivity contribution in [2.75, 3.05) is 25.5 Å². The molecule has 0 spiro atoms. The van der Waals surface area contributed by atoms with Crippen LogP contribution in [0.4, 0.5) is 10.1 Å². The minimum Gasteiger partial charge on any atom is -0.495 e. The summed E-state index contributed by atoms with van der Waals surface area (Å²) in [7, 11) is -2.21. The summed E-state index contributed by atoms with van der Waals surface area (Å²) in [6, 6.07) is 10.6. The van der Waals surface area contributed by atoms with E-state index in [-0.39, 0.29) is 10.6 Å². The number of nitrogens with zero attached hydrogens (tertiary/aromatic N) is 1. The van der Waals surface area contributed by atoms with E-state index in [0.717, 1.165) is 19.3 Å². The number of methoxy groups -OCH3 is 1. The number of piperidine rings is 1. The SMILES string of the molecule is COc1ccc(S(=O)(=O)N2CCCCC2)cc1NC(=O)c1cc2c(F)cccc2s1. The zero-order valence-electron chi connectivity index (χ0n) is 16.4. The normalized spacial score (nSPS) is 15.3. The van der Waals surface area contributed by atoms with Gasteiger partial charge in [-0.2, -0.15) is 4.31 Å². The highest BCUT2D eigenvalue weighted by atomic mass is 32.2. The predicted molar refractivity (Wildman–Crippen MR) is 115 cm³/mol. The van der Waals surface area contributed by atoms with Crippen LogP contribution in [0.5, 0.6) is 5.75 Å². The third-order valence-corrected chi connectivity index (χ3v) is 8.10. The molecule has 6 nitrogen and oxygen atoms in total. The molecule has 4 rings (SSSR count). The van der Waals surface area contributed by atoms with Gasteiger partial charge in [0.25, 0.3) is 5.91 Å². The molecule has 0 atom stereocenters. The van der Waals surface area contributed by atoms with Crippen molar-refractivity contribution in [1.82, 2.24) is 4.31 Å². The molecule has 0 saturated carbocycles. The van der Waals surface area contributed by atoms with E-state index in [0.29, 0.717) is 33.8 Å². The Kier molecular flexibility index (Phi) is 5.77. The summed E-state index contributed by atoms with van der Waals surface area (Å²) in [5.74, 6) is -0.510. The van der Waals surface area contributed by atoms with Gasteiger partial charge in [-0.15, -0.1) is 11.3 Å². The first-order valence-electron chi connectivity index (χ1n) is 9.58. The fourth-order valence-corrected chi connectivity index (χ4v) is 6.03. The van der Waals surface area contributed by atoms with Crippen LogP contribution in [0.3, 0.4) is 0 Å². The van der Waals surface area contributed by atoms with Crippen LogP contribution >= 0.6 is 11.3 Å². The van der Waals surface area contributed by atoms with Gasteiger partial charge in [0.2, 0.25) is 10.0 Å². The van der Waals surface area contributed by atoms with E-state index in [9.17, 15) is 17.6 Å². The molecule has 1 amide bonds. The van der Waals surface area contributed by atoms with Gasteiger partial charge in [0, 0.05) is 23.2 Å². The Morgan fingerprint density at radius 1 is 1.13 bits per heavy atom. The number of rotatable bonds is 5. The number of amides is 1. The lowest BCUT2D eigenvalue weighted by Gasteiger charge is -2.26. The van der Waals surface area contributed by atoms with E-state index < -0.39 is 21.7 Å². The molecule has 1 aromatic heterocycles. The van der Waals surface area contributed by atoms with Crippen LogP contribution in [0.15, 0.2) is 47.4 Å². The van der Waals surface area contributed by atoms with Crippen LogP contribution in [-0.2, 0) is 10.0 Å². The number of anilines is 1. The Balaban J connectivity index is 1.64. The fraction of sp³-hybridized carbons (Fsp3) is 0.286. The van der Waals surface area contributed by atoms with E-state index in [1.807, 2.05) is 0 Å². The monoisotopic (exact) mass is 448 g/mol. The maximum absolute atomic E-state index is 14.0. The van der Waals surface area contributed by atoms with E-state index in [2.05, 4.69) is 5.32 Å². The number of ether oxygens (including phenoxy) is 1. The summed E-state index contributed by atoms with van der Waals surface area (Å²) in [6.45, 7) is 0.979. The molecule has 9 heteroatoms. The smallest absolute Gasteiger partial charge is 0.265 e. The number of nitrogens with one attached hydrogen (secondary N) is 1. The second kappa shape index (κ2) is 8.33. The molecular weight excluding hydrogens is 427 g/mol. The standard InChI is InChI=1S/C21H21FN2O4S2/c1-28-18-9-8-14(30(26,27)24-10-3-2-4-11-24)12-17(18)23-21(25)20-13-15-16(22)6-5-7-19(15)29-20/h5-9,12-13H,2-4,10-11H2,1H3,(H,23,25). The summed E-state index contributed by atoms with van der Waals surface area (Å²) >= 11 is 1.17. The van der Waals surface area contributed by atoms with Crippen molar-refractivity contribution in [3.8, 4) is 5.75 Å². The number of halogens is 1. The van der Waals surface area contributed by atoms with Crippen LogP contribution in [0, 0.1) is 5.82 Å². The minimum absolute atomic E-state index is 0.0999. The molecule has 1 aliphatic rings. The maximum atomic E-state index is 14.0. The van der Waals surface area contributed by atoms with Crippen molar-refractivity contribution >= 4 is 43.0 Å². The quantitative estimate of drug-likeness (QED) is 0.625. The van der Waals surface area contributed by atoms with E-state index in [1.54, 1.807) is 12.1 Å². The molecule has 2 heterocycles. The maximum Gasteiger partial charge on any atom is 0.265 e. The largest absolute Gasteiger partial charge is 0.495 e. The minimum atomic E-state index is -3.66. The molecule has 3 aromatic rings. The van der Waals surface area contributed by atoms with Gasteiger partial charge in [-0.3, -0.25) is 4.79 Å². The van der Waals surface area contributed by atoms with Crippen LogP contribution in [-0.4, -0.2) is 38.8 Å². The highest BCUT2D eigenvalue weighted by Gasteiger charge is 2.27. The number of sulfonamides is 1. The zero-order chi connectivity index (χ0) is 21.3. The Morgan fingerprint density at radius 3 is 2.60 bits per heavy atom. The van der Waals surface area contributed by atoms with E-state index in [1.165, 1.54) is 53.1 Å². The molecule has 0 bridgehead atoms. The molecule has 1 aliphatic heterocycles. The molecule has 1 fully saturated rings. The lowest BCUT2D eigenvalue weighted by molar-refractivity contribution is 0.103. The second-order valence-electron chi connectivity index (χ2n) is 7.04. The van der Waals surface area contributed by atoms with Gasteiger partial charge in [-0.1, -0.05) is 12.5 Å². The molecule has 1 N–H and O–H groups in total. The van der Waals surface area contributed by atoms with Crippen molar-refractivity contribution in [2.45, 2.75) is 24.2 Å². The van der Waals surface area contributed by atoms with E-state index in [4.69, 9.17) is 4.74 Å². The van der Waals surface area contributed by atoms with Crippen LogP contribution < -0.4 is 10.1 Å². The second-order valence-corrected chi connectivity index (χ2v) is 10.1. The van der Waals surface area contributed by atoms with Crippen molar-refractivity contribution in [3.05, 3.63) is 53.2 Å². The summed E-state index contributed by atoms with van der Waals surface area (Å²) in [5, 5.41) is 3.09. The lowest BCUT2D eigenvalue weighted by atomic mass is 10.2. The Hall–Kier alpha value is -2.49. The molecule has 158 valence electrons. The molecule has 0 unspecified atom stereocenters.